The van der Waals surface area contributed by atoms with Gasteiger partial charge in [0.25, 0.3) is 0 Å². The SMILES string of the molecule is COCCCC(C1CCC1)C1CCC1. The van der Waals surface area contributed by atoms with E-state index < -0.39 is 0 Å². The zero-order chi connectivity index (χ0) is 9.80. The quantitative estimate of drug-likeness (QED) is 0.589. The summed E-state index contributed by atoms with van der Waals surface area (Å²) in [4.78, 5) is 0. The van der Waals surface area contributed by atoms with Crippen LogP contribution in [0.4, 0.5) is 0 Å². The second-order valence-corrected chi connectivity index (χ2v) is 5.18. The Hall–Kier alpha value is -0.0400. The van der Waals surface area contributed by atoms with Crippen molar-refractivity contribution in [2.24, 2.45) is 17.8 Å². The highest BCUT2D eigenvalue weighted by Gasteiger charge is 2.35. The van der Waals surface area contributed by atoms with Crippen LogP contribution in [0.2, 0.25) is 0 Å². The van der Waals surface area contributed by atoms with E-state index >= 15 is 0 Å². The third kappa shape index (κ3) is 2.31. The minimum Gasteiger partial charge on any atom is -0.385 e. The third-order valence-electron chi connectivity index (χ3n) is 4.40. The molecule has 0 heterocycles. The summed E-state index contributed by atoms with van der Waals surface area (Å²) in [5.41, 5.74) is 0. The molecular weight excluding hydrogens is 172 g/mol. The van der Waals surface area contributed by atoms with Crippen LogP contribution in [0.25, 0.3) is 0 Å². The molecule has 0 amide bonds. The predicted molar refractivity (Wildman–Crippen MR) is 59.3 cm³/mol. The van der Waals surface area contributed by atoms with Crippen molar-refractivity contribution in [1.29, 1.82) is 0 Å². The lowest BCUT2D eigenvalue weighted by Gasteiger charge is -2.42. The number of hydrogen-bond donors (Lipinski definition) is 0. The van der Waals surface area contributed by atoms with Crippen LogP contribution in [-0.2, 0) is 4.74 Å². The van der Waals surface area contributed by atoms with Crippen LogP contribution in [0.1, 0.15) is 51.4 Å². The van der Waals surface area contributed by atoms with Gasteiger partial charge in [-0.15, -0.1) is 0 Å². The van der Waals surface area contributed by atoms with Crippen molar-refractivity contribution in [3.63, 3.8) is 0 Å². The Bertz CT molecular complexity index is 145. The fourth-order valence-electron chi connectivity index (χ4n) is 3.06. The maximum absolute atomic E-state index is 5.16. The van der Waals surface area contributed by atoms with Crippen molar-refractivity contribution in [1.82, 2.24) is 0 Å². The van der Waals surface area contributed by atoms with Crippen LogP contribution in [-0.4, -0.2) is 13.7 Å². The second kappa shape index (κ2) is 5.16. The summed E-state index contributed by atoms with van der Waals surface area (Å²) in [5, 5.41) is 0. The minimum absolute atomic E-state index is 0.968. The normalized spacial score (nSPS) is 23.6. The molecule has 0 aliphatic heterocycles. The molecule has 0 atom stereocenters. The van der Waals surface area contributed by atoms with E-state index in [2.05, 4.69) is 0 Å². The molecule has 0 saturated heterocycles. The van der Waals surface area contributed by atoms with Gasteiger partial charge in [-0.2, -0.15) is 0 Å². The molecule has 0 N–H and O–H groups in total. The molecule has 14 heavy (non-hydrogen) atoms. The highest BCUT2D eigenvalue weighted by Crippen LogP contribution is 2.46. The predicted octanol–water partition coefficient (Wildman–Crippen LogP) is 3.63. The number of methoxy groups -OCH3 is 1. The lowest BCUT2D eigenvalue weighted by molar-refractivity contribution is 0.0752. The molecule has 0 aromatic carbocycles. The lowest BCUT2D eigenvalue weighted by Crippen LogP contribution is -2.32. The van der Waals surface area contributed by atoms with Crippen LogP contribution in [0.15, 0.2) is 0 Å². The van der Waals surface area contributed by atoms with E-state index in [0.717, 1.165) is 24.4 Å². The fourth-order valence-corrected chi connectivity index (χ4v) is 3.06. The molecular formula is C13H24O. The Morgan fingerprint density at radius 3 is 2.00 bits per heavy atom. The number of hydrogen-bond acceptors (Lipinski definition) is 1. The first-order valence-electron chi connectivity index (χ1n) is 6.40. The molecule has 0 spiro atoms. The summed E-state index contributed by atoms with van der Waals surface area (Å²) < 4.78 is 5.16. The summed E-state index contributed by atoms with van der Waals surface area (Å²) in [7, 11) is 1.82. The van der Waals surface area contributed by atoms with E-state index in [9.17, 15) is 0 Å². The summed E-state index contributed by atoms with van der Waals surface area (Å²) >= 11 is 0. The first-order valence-corrected chi connectivity index (χ1v) is 6.40. The lowest BCUT2D eigenvalue weighted by atomic mass is 9.63. The Balaban J connectivity index is 1.73. The van der Waals surface area contributed by atoms with Crippen LogP contribution >= 0.6 is 0 Å². The molecule has 1 nitrogen and oxygen atoms in total. The van der Waals surface area contributed by atoms with Crippen molar-refractivity contribution in [3.8, 4) is 0 Å². The van der Waals surface area contributed by atoms with E-state index in [1.165, 1.54) is 51.4 Å². The topological polar surface area (TPSA) is 9.23 Å². The van der Waals surface area contributed by atoms with Crippen molar-refractivity contribution in [2.75, 3.05) is 13.7 Å². The molecule has 0 aromatic rings. The van der Waals surface area contributed by atoms with Gasteiger partial charge < -0.3 is 4.74 Å². The zero-order valence-electron chi connectivity index (χ0n) is 9.50. The Labute approximate surface area is 88.2 Å². The van der Waals surface area contributed by atoms with Gasteiger partial charge in [0.05, 0.1) is 0 Å². The zero-order valence-corrected chi connectivity index (χ0v) is 9.50. The molecule has 2 rings (SSSR count). The van der Waals surface area contributed by atoms with Gasteiger partial charge >= 0.3 is 0 Å². The van der Waals surface area contributed by atoms with Gasteiger partial charge in [0.15, 0.2) is 0 Å². The molecule has 0 bridgehead atoms. The van der Waals surface area contributed by atoms with E-state index in [1.807, 2.05) is 7.11 Å². The smallest absolute Gasteiger partial charge is 0.0462 e. The highest BCUT2D eigenvalue weighted by atomic mass is 16.5. The first kappa shape index (κ1) is 10.5. The van der Waals surface area contributed by atoms with Gasteiger partial charge in [-0.1, -0.05) is 38.5 Å². The molecule has 1 heteroatoms. The maximum Gasteiger partial charge on any atom is 0.0462 e. The Morgan fingerprint density at radius 1 is 1.07 bits per heavy atom. The number of rotatable bonds is 6. The van der Waals surface area contributed by atoms with Gasteiger partial charge in [-0.25, -0.2) is 0 Å². The third-order valence-corrected chi connectivity index (χ3v) is 4.40. The molecule has 0 radical (unpaired) electrons. The summed E-state index contributed by atoms with van der Waals surface area (Å²) in [6, 6.07) is 0. The standard InChI is InChI=1S/C13H24O/c1-14-10-4-9-13(11-5-2-6-11)12-7-3-8-12/h11-13H,2-10H2,1H3. The second-order valence-electron chi connectivity index (χ2n) is 5.18. The monoisotopic (exact) mass is 196 g/mol. The van der Waals surface area contributed by atoms with Crippen molar-refractivity contribution in [3.05, 3.63) is 0 Å². The Morgan fingerprint density at radius 2 is 1.64 bits per heavy atom. The largest absolute Gasteiger partial charge is 0.385 e. The van der Waals surface area contributed by atoms with E-state index in [0.29, 0.717) is 0 Å². The molecule has 2 aliphatic rings. The molecule has 0 aromatic heterocycles. The molecule has 2 saturated carbocycles. The molecule has 2 aliphatic carbocycles. The number of ether oxygens (including phenoxy) is 1. The maximum atomic E-state index is 5.16. The fraction of sp³-hybridized carbons (Fsp3) is 1.00. The highest BCUT2D eigenvalue weighted by molar-refractivity contribution is 4.86. The van der Waals surface area contributed by atoms with Gasteiger partial charge in [-0.05, 0) is 30.6 Å². The summed E-state index contributed by atoms with van der Waals surface area (Å²) in [6.45, 7) is 0.968. The van der Waals surface area contributed by atoms with Gasteiger partial charge in [0, 0.05) is 13.7 Å². The van der Waals surface area contributed by atoms with Crippen LogP contribution in [0, 0.1) is 17.8 Å². The molecule has 2 fully saturated rings. The molecule has 82 valence electrons. The van der Waals surface area contributed by atoms with Crippen molar-refractivity contribution < 1.29 is 4.74 Å². The average molecular weight is 196 g/mol. The minimum atomic E-state index is 0.968. The van der Waals surface area contributed by atoms with Gasteiger partial charge in [0.2, 0.25) is 0 Å². The average Bonchev–Trinajstić information content (AvgIpc) is 1.98. The van der Waals surface area contributed by atoms with Crippen LogP contribution in [0.5, 0.6) is 0 Å². The van der Waals surface area contributed by atoms with Crippen molar-refractivity contribution >= 4 is 0 Å². The van der Waals surface area contributed by atoms with Crippen molar-refractivity contribution in [2.45, 2.75) is 51.4 Å². The molecule has 0 unspecified atom stereocenters. The van der Waals surface area contributed by atoms with Crippen LogP contribution in [0.3, 0.4) is 0 Å². The van der Waals surface area contributed by atoms with Gasteiger partial charge in [-0.3, -0.25) is 0 Å². The van der Waals surface area contributed by atoms with Crippen LogP contribution < -0.4 is 0 Å². The van der Waals surface area contributed by atoms with E-state index in [-0.39, 0.29) is 0 Å². The first-order chi connectivity index (χ1) is 6.92. The van der Waals surface area contributed by atoms with Gasteiger partial charge in [0.1, 0.15) is 0 Å². The van der Waals surface area contributed by atoms with E-state index in [1.54, 1.807) is 0 Å². The Kier molecular flexibility index (Phi) is 3.86. The summed E-state index contributed by atoms with van der Waals surface area (Å²) in [6.07, 6.45) is 11.8. The summed E-state index contributed by atoms with van der Waals surface area (Å²) in [5.74, 6) is 3.25. The van der Waals surface area contributed by atoms with E-state index in [4.69, 9.17) is 4.74 Å².